The first-order valence-corrected chi connectivity index (χ1v) is 10.1. The molecule has 0 aliphatic carbocycles. The average molecular weight is 393 g/mol. The summed E-state index contributed by atoms with van der Waals surface area (Å²) in [5.41, 5.74) is 2.84. The van der Waals surface area contributed by atoms with Crippen LogP contribution in [0.2, 0.25) is 0 Å². The summed E-state index contributed by atoms with van der Waals surface area (Å²) >= 11 is 1.67. The fourth-order valence-corrected chi connectivity index (χ4v) is 4.72. The third-order valence-corrected chi connectivity index (χ3v) is 6.23. The van der Waals surface area contributed by atoms with E-state index in [1.165, 1.54) is 0 Å². The van der Waals surface area contributed by atoms with Gasteiger partial charge in [0.05, 0.1) is 27.2 Å². The monoisotopic (exact) mass is 393 g/mol. The molecule has 8 heteroatoms. The number of anilines is 2. The Morgan fingerprint density at radius 3 is 2.93 bits per heavy atom. The third-order valence-electron chi connectivity index (χ3n) is 5.13. The summed E-state index contributed by atoms with van der Waals surface area (Å²) < 4.78 is 1.16. The first kappa shape index (κ1) is 17.0. The van der Waals surface area contributed by atoms with Gasteiger partial charge in [-0.2, -0.15) is 0 Å². The number of fused-ring (bicyclic) bond motifs is 2. The molecular weight excluding hydrogens is 374 g/mol. The highest BCUT2D eigenvalue weighted by Gasteiger charge is 2.27. The zero-order chi connectivity index (χ0) is 19.1. The fraction of sp³-hybridized carbons (Fsp3) is 0.250. The normalized spacial score (nSPS) is 17.3. The van der Waals surface area contributed by atoms with Gasteiger partial charge in [-0.15, -0.1) is 0 Å². The van der Waals surface area contributed by atoms with E-state index >= 15 is 0 Å². The third kappa shape index (κ3) is 3.16. The Balaban J connectivity index is 1.32. The Morgan fingerprint density at radius 1 is 1.18 bits per heavy atom. The number of aromatic nitrogens is 3. The van der Waals surface area contributed by atoms with E-state index in [0.29, 0.717) is 17.7 Å². The quantitative estimate of drug-likeness (QED) is 0.498. The summed E-state index contributed by atoms with van der Waals surface area (Å²) in [6, 6.07) is 13.5. The van der Waals surface area contributed by atoms with Crippen molar-refractivity contribution < 1.29 is 4.79 Å². The van der Waals surface area contributed by atoms with Crippen LogP contribution in [0.4, 0.5) is 10.8 Å². The number of carbonyl (C=O) groups excluding carboxylic acids is 1. The van der Waals surface area contributed by atoms with Crippen molar-refractivity contribution in [1.82, 2.24) is 15.0 Å². The molecule has 3 heterocycles. The van der Waals surface area contributed by atoms with Crippen molar-refractivity contribution in [2.24, 2.45) is 5.92 Å². The van der Waals surface area contributed by atoms with Crippen LogP contribution in [0.3, 0.4) is 0 Å². The van der Waals surface area contributed by atoms with Crippen molar-refractivity contribution in [2.45, 2.75) is 12.8 Å². The van der Waals surface area contributed by atoms with Gasteiger partial charge in [-0.1, -0.05) is 23.5 Å². The van der Waals surface area contributed by atoms with Gasteiger partial charge in [0.1, 0.15) is 0 Å². The minimum Gasteiger partial charge on any atom is -0.347 e. The van der Waals surface area contributed by atoms with Crippen LogP contribution in [0.5, 0.6) is 0 Å². The number of nitrogens with zero attached hydrogens (tertiary/aromatic N) is 2. The topological polar surface area (TPSA) is 93.9 Å². The minimum absolute atomic E-state index is 0.00282. The number of piperidine rings is 1. The molecule has 1 fully saturated rings. The molecule has 0 bridgehead atoms. The van der Waals surface area contributed by atoms with Crippen LogP contribution in [0, 0.1) is 5.92 Å². The number of aromatic amines is 2. The van der Waals surface area contributed by atoms with Gasteiger partial charge in [0.15, 0.2) is 5.13 Å². The summed E-state index contributed by atoms with van der Waals surface area (Å²) in [6.45, 7) is 1.58. The van der Waals surface area contributed by atoms with E-state index in [0.717, 1.165) is 40.3 Å². The summed E-state index contributed by atoms with van der Waals surface area (Å²) in [5.74, 6) is -0.0928. The van der Waals surface area contributed by atoms with Crippen LogP contribution in [0.1, 0.15) is 12.8 Å². The highest BCUT2D eigenvalue weighted by Crippen LogP contribution is 2.31. The molecule has 1 saturated heterocycles. The molecule has 0 saturated carbocycles. The van der Waals surface area contributed by atoms with Gasteiger partial charge in [0.25, 0.3) is 0 Å². The zero-order valence-corrected chi connectivity index (χ0v) is 15.9. The Labute approximate surface area is 164 Å². The van der Waals surface area contributed by atoms with Crippen LogP contribution in [0.15, 0.2) is 47.3 Å². The lowest BCUT2D eigenvalue weighted by molar-refractivity contribution is -0.120. The Morgan fingerprint density at radius 2 is 2.04 bits per heavy atom. The highest BCUT2D eigenvalue weighted by atomic mass is 32.1. The molecule has 0 spiro atoms. The smallest absolute Gasteiger partial charge is 0.323 e. The standard InChI is InChI=1S/C20H19N5O2S/c26-18(21-13-7-8-14-16(10-13)23-19(27)22-14)12-4-3-9-25(11-12)20-24-15-5-1-2-6-17(15)28-20/h1-2,5-8,10,12H,3-4,9,11H2,(H,21,26)(H2,22,23,27). The second-order valence-electron chi connectivity index (χ2n) is 7.08. The van der Waals surface area contributed by atoms with Crippen LogP contribution < -0.4 is 15.9 Å². The largest absolute Gasteiger partial charge is 0.347 e. The Hall–Kier alpha value is -3.13. The van der Waals surface area contributed by atoms with Crippen LogP contribution in [-0.2, 0) is 4.79 Å². The lowest BCUT2D eigenvalue weighted by atomic mass is 9.97. The lowest BCUT2D eigenvalue weighted by Crippen LogP contribution is -2.40. The van der Waals surface area contributed by atoms with E-state index in [2.05, 4.69) is 26.3 Å². The number of hydrogen-bond donors (Lipinski definition) is 3. The summed E-state index contributed by atoms with van der Waals surface area (Å²) in [4.78, 5) is 36.6. The molecule has 3 N–H and O–H groups in total. The van der Waals surface area contributed by atoms with Gasteiger partial charge in [0.2, 0.25) is 5.91 Å². The molecule has 1 amide bonds. The number of nitrogens with one attached hydrogen (secondary N) is 3. The van der Waals surface area contributed by atoms with Crippen molar-refractivity contribution >= 4 is 49.3 Å². The molecule has 1 aliphatic heterocycles. The van der Waals surface area contributed by atoms with Crippen molar-refractivity contribution in [3.8, 4) is 0 Å². The first-order chi connectivity index (χ1) is 13.7. The fourth-order valence-electron chi connectivity index (χ4n) is 3.71. The number of para-hydroxylation sites is 1. The molecule has 4 aromatic rings. The van der Waals surface area contributed by atoms with E-state index in [1.807, 2.05) is 18.2 Å². The maximum atomic E-state index is 12.8. The molecule has 28 heavy (non-hydrogen) atoms. The predicted molar refractivity (Wildman–Crippen MR) is 112 cm³/mol. The predicted octanol–water partition coefficient (Wildman–Crippen LogP) is 3.32. The number of hydrogen-bond acceptors (Lipinski definition) is 5. The molecule has 1 unspecified atom stereocenters. The second-order valence-corrected chi connectivity index (χ2v) is 8.09. The van der Waals surface area contributed by atoms with E-state index in [-0.39, 0.29) is 17.5 Å². The number of carbonyl (C=O) groups is 1. The van der Waals surface area contributed by atoms with Crippen molar-refractivity contribution in [3.63, 3.8) is 0 Å². The van der Waals surface area contributed by atoms with Gasteiger partial charge in [0, 0.05) is 18.8 Å². The average Bonchev–Trinajstić information content (AvgIpc) is 3.30. The maximum absolute atomic E-state index is 12.8. The molecule has 2 aromatic carbocycles. The van der Waals surface area contributed by atoms with Crippen LogP contribution in [-0.4, -0.2) is 33.9 Å². The van der Waals surface area contributed by atoms with Gasteiger partial charge in [-0.3, -0.25) is 4.79 Å². The number of H-pyrrole nitrogens is 2. The molecule has 1 atom stereocenters. The summed E-state index contributed by atoms with van der Waals surface area (Å²) in [5, 5.41) is 3.97. The molecule has 1 aliphatic rings. The molecular formula is C20H19N5O2S. The summed E-state index contributed by atoms with van der Waals surface area (Å²) in [6.07, 6.45) is 1.81. The second kappa shape index (κ2) is 6.79. The van der Waals surface area contributed by atoms with Crippen molar-refractivity contribution in [2.75, 3.05) is 23.3 Å². The van der Waals surface area contributed by atoms with E-state index < -0.39 is 0 Å². The van der Waals surface area contributed by atoms with E-state index in [4.69, 9.17) is 4.98 Å². The van der Waals surface area contributed by atoms with Crippen LogP contribution >= 0.6 is 11.3 Å². The summed E-state index contributed by atoms with van der Waals surface area (Å²) in [7, 11) is 0. The highest BCUT2D eigenvalue weighted by molar-refractivity contribution is 7.22. The number of imidazole rings is 1. The lowest BCUT2D eigenvalue weighted by Gasteiger charge is -2.31. The zero-order valence-electron chi connectivity index (χ0n) is 15.1. The van der Waals surface area contributed by atoms with Crippen LogP contribution in [0.25, 0.3) is 21.3 Å². The van der Waals surface area contributed by atoms with E-state index in [9.17, 15) is 9.59 Å². The first-order valence-electron chi connectivity index (χ1n) is 9.29. The number of rotatable bonds is 3. The minimum atomic E-state index is -0.253. The van der Waals surface area contributed by atoms with Crippen molar-refractivity contribution in [1.29, 1.82) is 0 Å². The molecule has 142 valence electrons. The molecule has 0 radical (unpaired) electrons. The SMILES string of the molecule is O=C(Nc1ccc2[nH]c(=O)[nH]c2c1)C1CCCN(c2nc3ccccc3s2)C1. The van der Waals surface area contributed by atoms with Gasteiger partial charge < -0.3 is 20.2 Å². The molecule has 2 aromatic heterocycles. The number of amides is 1. The number of benzene rings is 2. The molecule has 5 rings (SSSR count). The van der Waals surface area contributed by atoms with Crippen molar-refractivity contribution in [3.05, 3.63) is 52.9 Å². The van der Waals surface area contributed by atoms with Gasteiger partial charge in [-0.05, 0) is 43.2 Å². The maximum Gasteiger partial charge on any atom is 0.323 e. The van der Waals surface area contributed by atoms with Gasteiger partial charge in [-0.25, -0.2) is 9.78 Å². The van der Waals surface area contributed by atoms with Gasteiger partial charge >= 0.3 is 5.69 Å². The Kier molecular flexibility index (Phi) is 4.12. The Bertz CT molecular complexity index is 1190. The van der Waals surface area contributed by atoms with E-state index in [1.54, 1.807) is 29.5 Å². The number of thiazole rings is 1. The molecule has 7 nitrogen and oxygen atoms in total.